The predicted octanol–water partition coefficient (Wildman–Crippen LogP) is 3.87. The molecule has 0 radical (unpaired) electrons. The zero-order valence-electron chi connectivity index (χ0n) is 9.70. The smallest absolute Gasteiger partial charge is 0.0718 e. The molecule has 2 unspecified atom stereocenters. The Balaban J connectivity index is 2.35. The number of rotatable bonds is 2. The van der Waals surface area contributed by atoms with Gasteiger partial charge < -0.3 is 0 Å². The van der Waals surface area contributed by atoms with Crippen molar-refractivity contribution in [1.29, 1.82) is 5.26 Å². The molecule has 1 aromatic carbocycles. The summed E-state index contributed by atoms with van der Waals surface area (Å²) < 4.78 is 0. The van der Waals surface area contributed by atoms with Crippen LogP contribution in [0, 0.1) is 17.2 Å². The van der Waals surface area contributed by atoms with E-state index in [0.29, 0.717) is 5.92 Å². The minimum Gasteiger partial charge on any atom is -0.198 e. The highest BCUT2D eigenvalue weighted by Gasteiger charge is 2.38. The summed E-state index contributed by atoms with van der Waals surface area (Å²) in [5, 5.41) is 9.31. The van der Waals surface area contributed by atoms with E-state index in [-0.39, 0.29) is 5.92 Å². The van der Waals surface area contributed by atoms with Crippen LogP contribution in [0.15, 0.2) is 24.3 Å². The zero-order valence-corrected chi connectivity index (χ0v) is 10.5. The number of hydrogen-bond acceptors (Lipinski definition) is 1. The first-order valence-electron chi connectivity index (χ1n) is 5.70. The zero-order chi connectivity index (χ0) is 11.8. The Labute approximate surface area is 102 Å². The number of aryl methyl sites for hydroxylation is 1. The van der Waals surface area contributed by atoms with E-state index in [1.54, 1.807) is 0 Å². The van der Waals surface area contributed by atoms with E-state index in [2.05, 4.69) is 24.3 Å². The van der Waals surface area contributed by atoms with Crippen LogP contribution in [0.1, 0.15) is 37.3 Å². The van der Waals surface area contributed by atoms with Gasteiger partial charge in [-0.1, -0.05) is 24.3 Å². The van der Waals surface area contributed by atoms with Crippen LogP contribution in [0.2, 0.25) is 0 Å². The summed E-state index contributed by atoms with van der Waals surface area (Å²) in [6.07, 6.45) is 2.12. The molecule has 1 nitrogen and oxygen atoms in total. The van der Waals surface area contributed by atoms with E-state index in [4.69, 9.17) is 11.6 Å². The first-order valence-corrected chi connectivity index (χ1v) is 6.08. The first kappa shape index (κ1) is 11.5. The summed E-state index contributed by atoms with van der Waals surface area (Å²) in [6.45, 7) is 3.87. The minimum atomic E-state index is -0.461. The summed E-state index contributed by atoms with van der Waals surface area (Å²) >= 11 is 6.32. The summed E-state index contributed by atoms with van der Waals surface area (Å²) in [5.41, 5.74) is 2.71. The third-order valence-electron chi connectivity index (χ3n) is 3.46. The van der Waals surface area contributed by atoms with Gasteiger partial charge in [0.25, 0.3) is 0 Å². The Hall–Kier alpha value is -1.00. The molecule has 1 aromatic rings. The molecule has 1 aliphatic carbocycles. The van der Waals surface area contributed by atoms with E-state index < -0.39 is 4.87 Å². The molecule has 0 aromatic heterocycles. The molecule has 1 aliphatic rings. The average Bonchev–Trinajstić information content (AvgIpc) is 2.61. The van der Waals surface area contributed by atoms with Crippen LogP contribution in [-0.2, 0) is 6.42 Å². The highest BCUT2D eigenvalue weighted by Crippen LogP contribution is 2.43. The first-order chi connectivity index (χ1) is 7.54. The van der Waals surface area contributed by atoms with Crippen molar-refractivity contribution in [3.05, 3.63) is 35.4 Å². The largest absolute Gasteiger partial charge is 0.198 e. The molecule has 0 saturated heterocycles. The van der Waals surface area contributed by atoms with Crippen LogP contribution in [0.3, 0.4) is 0 Å². The van der Waals surface area contributed by atoms with Crippen molar-refractivity contribution < 1.29 is 0 Å². The standard InChI is InChI=1S/C14H16ClN/c1-14(2,15)13(9-16)12-8-7-10-5-3-4-6-11(10)12/h3-6,12-13H,7-8H2,1-2H3. The van der Waals surface area contributed by atoms with Crippen LogP contribution in [0.5, 0.6) is 0 Å². The van der Waals surface area contributed by atoms with Crippen molar-refractivity contribution in [2.24, 2.45) is 5.92 Å². The number of nitrogens with zero attached hydrogens (tertiary/aromatic N) is 1. The Kier molecular flexibility index (Phi) is 2.95. The Morgan fingerprint density at radius 3 is 2.75 bits per heavy atom. The SMILES string of the molecule is CC(C)(Cl)C(C#N)C1CCc2ccccc21. The van der Waals surface area contributed by atoms with E-state index in [1.807, 2.05) is 19.9 Å². The molecule has 0 heterocycles. The number of alkyl halides is 1. The van der Waals surface area contributed by atoms with Gasteiger partial charge >= 0.3 is 0 Å². The molecule has 0 N–H and O–H groups in total. The van der Waals surface area contributed by atoms with Crippen molar-refractivity contribution in [2.75, 3.05) is 0 Å². The van der Waals surface area contributed by atoms with Crippen molar-refractivity contribution in [1.82, 2.24) is 0 Å². The highest BCUT2D eigenvalue weighted by atomic mass is 35.5. The maximum atomic E-state index is 9.31. The van der Waals surface area contributed by atoms with Crippen molar-refractivity contribution in [2.45, 2.75) is 37.5 Å². The minimum absolute atomic E-state index is 0.113. The van der Waals surface area contributed by atoms with Crippen LogP contribution in [-0.4, -0.2) is 4.87 Å². The lowest BCUT2D eigenvalue weighted by atomic mass is 9.80. The fourth-order valence-electron chi connectivity index (χ4n) is 2.66. The second-order valence-corrected chi connectivity index (χ2v) is 5.99. The Morgan fingerprint density at radius 2 is 2.12 bits per heavy atom. The predicted molar refractivity (Wildman–Crippen MR) is 66.5 cm³/mol. The fourth-order valence-corrected chi connectivity index (χ4v) is 2.86. The van der Waals surface area contributed by atoms with Gasteiger partial charge in [-0.25, -0.2) is 0 Å². The normalized spacial score (nSPS) is 21.2. The van der Waals surface area contributed by atoms with Crippen LogP contribution < -0.4 is 0 Å². The van der Waals surface area contributed by atoms with Crippen LogP contribution >= 0.6 is 11.6 Å². The lowest BCUT2D eigenvalue weighted by Crippen LogP contribution is -2.28. The third kappa shape index (κ3) is 1.95. The van der Waals surface area contributed by atoms with Gasteiger partial charge in [-0.15, -0.1) is 11.6 Å². The summed E-state index contributed by atoms with van der Waals surface area (Å²) in [6, 6.07) is 10.8. The number of benzene rings is 1. The van der Waals surface area contributed by atoms with Gasteiger partial charge in [0.1, 0.15) is 0 Å². The molecule has 0 spiro atoms. The van der Waals surface area contributed by atoms with Gasteiger partial charge in [0, 0.05) is 5.92 Å². The lowest BCUT2D eigenvalue weighted by Gasteiger charge is -2.28. The van der Waals surface area contributed by atoms with Crippen molar-refractivity contribution in [3.63, 3.8) is 0 Å². The molecule has 2 rings (SSSR count). The quantitative estimate of drug-likeness (QED) is 0.712. The third-order valence-corrected chi connectivity index (χ3v) is 3.70. The van der Waals surface area contributed by atoms with Gasteiger partial charge in [0.2, 0.25) is 0 Å². The van der Waals surface area contributed by atoms with Gasteiger partial charge in [0.15, 0.2) is 0 Å². The molecule has 2 atom stereocenters. The van der Waals surface area contributed by atoms with Gasteiger partial charge in [-0.05, 0) is 37.8 Å². The average molecular weight is 234 g/mol. The second kappa shape index (κ2) is 4.11. The molecule has 0 saturated carbocycles. The van der Waals surface area contributed by atoms with Gasteiger partial charge in [0.05, 0.1) is 16.9 Å². The lowest BCUT2D eigenvalue weighted by molar-refractivity contribution is 0.421. The summed E-state index contributed by atoms with van der Waals surface area (Å²) in [5.74, 6) is 0.187. The molecule has 0 bridgehead atoms. The van der Waals surface area contributed by atoms with Gasteiger partial charge in [-0.2, -0.15) is 5.26 Å². The summed E-state index contributed by atoms with van der Waals surface area (Å²) in [4.78, 5) is -0.461. The van der Waals surface area contributed by atoms with E-state index in [0.717, 1.165) is 12.8 Å². The maximum absolute atomic E-state index is 9.31. The molecular formula is C14H16ClN. The molecule has 0 aliphatic heterocycles. The summed E-state index contributed by atoms with van der Waals surface area (Å²) in [7, 11) is 0. The number of halogens is 1. The number of fused-ring (bicyclic) bond motifs is 1. The van der Waals surface area contributed by atoms with Crippen LogP contribution in [0.4, 0.5) is 0 Å². The monoisotopic (exact) mass is 233 g/mol. The van der Waals surface area contributed by atoms with E-state index in [9.17, 15) is 5.26 Å². The number of nitriles is 1. The Bertz CT molecular complexity index is 425. The molecular weight excluding hydrogens is 218 g/mol. The number of hydrogen-bond donors (Lipinski definition) is 0. The molecule has 2 heteroatoms. The molecule has 0 amide bonds. The van der Waals surface area contributed by atoms with Crippen molar-refractivity contribution in [3.8, 4) is 6.07 Å². The molecule has 16 heavy (non-hydrogen) atoms. The van der Waals surface area contributed by atoms with Crippen molar-refractivity contribution >= 4 is 11.6 Å². The fraction of sp³-hybridized carbons (Fsp3) is 0.500. The second-order valence-electron chi connectivity index (χ2n) is 5.02. The molecule has 84 valence electrons. The topological polar surface area (TPSA) is 23.8 Å². The highest BCUT2D eigenvalue weighted by molar-refractivity contribution is 6.23. The van der Waals surface area contributed by atoms with Crippen LogP contribution in [0.25, 0.3) is 0 Å². The Morgan fingerprint density at radius 1 is 1.44 bits per heavy atom. The molecule has 0 fully saturated rings. The van der Waals surface area contributed by atoms with Gasteiger partial charge in [-0.3, -0.25) is 0 Å². The van der Waals surface area contributed by atoms with E-state index in [1.165, 1.54) is 11.1 Å². The maximum Gasteiger partial charge on any atom is 0.0718 e. The van der Waals surface area contributed by atoms with E-state index >= 15 is 0 Å².